The molecule has 0 aromatic heterocycles. The Bertz CT molecular complexity index is 306. The van der Waals surface area contributed by atoms with E-state index in [1.54, 1.807) is 0 Å². The standard InChI is InChI=1S/C6H8Cl3NO2S/c7-6(8,9)4-10-5-1-2-13(11,12)3-5/h4-5H,1-3H2/t5-/m0/s1. The molecule has 1 fully saturated rings. The second kappa shape index (κ2) is 3.93. The van der Waals surface area contributed by atoms with E-state index in [1.165, 1.54) is 0 Å². The van der Waals surface area contributed by atoms with Crippen molar-refractivity contribution in [3.63, 3.8) is 0 Å². The van der Waals surface area contributed by atoms with Crippen LogP contribution in [0.25, 0.3) is 0 Å². The van der Waals surface area contributed by atoms with Crippen LogP contribution in [0.5, 0.6) is 0 Å². The Kier molecular flexibility index (Phi) is 3.49. The molecule has 1 atom stereocenters. The molecule has 0 N–H and O–H groups in total. The van der Waals surface area contributed by atoms with Crippen LogP contribution in [0.2, 0.25) is 0 Å². The average Bonchev–Trinajstić information content (AvgIpc) is 2.24. The Hall–Kier alpha value is 0.490. The first-order chi connectivity index (χ1) is 5.79. The third-order valence-corrected chi connectivity index (χ3v) is 3.68. The summed E-state index contributed by atoms with van der Waals surface area (Å²) in [7, 11) is -2.91. The molecule has 3 nitrogen and oxygen atoms in total. The van der Waals surface area contributed by atoms with Crippen molar-refractivity contribution in [2.45, 2.75) is 16.3 Å². The van der Waals surface area contributed by atoms with Gasteiger partial charge in [0.05, 0.1) is 23.8 Å². The number of hydrogen-bond acceptors (Lipinski definition) is 3. The Balaban J connectivity index is 2.55. The van der Waals surface area contributed by atoms with Gasteiger partial charge in [-0.3, -0.25) is 4.99 Å². The van der Waals surface area contributed by atoms with Crippen LogP contribution in [0, 0.1) is 0 Å². The molecule has 0 amide bonds. The van der Waals surface area contributed by atoms with Crippen LogP contribution in [-0.2, 0) is 9.84 Å². The van der Waals surface area contributed by atoms with E-state index in [0.29, 0.717) is 6.42 Å². The van der Waals surface area contributed by atoms with Crippen molar-refractivity contribution < 1.29 is 8.42 Å². The first-order valence-corrected chi connectivity index (χ1v) is 6.55. The predicted octanol–water partition coefficient (Wildman–Crippen LogP) is 1.61. The Morgan fingerprint density at radius 3 is 2.38 bits per heavy atom. The van der Waals surface area contributed by atoms with Crippen molar-refractivity contribution in [1.82, 2.24) is 0 Å². The summed E-state index contributed by atoms with van der Waals surface area (Å²) in [5.41, 5.74) is 0. The van der Waals surface area contributed by atoms with Crippen molar-refractivity contribution in [2.75, 3.05) is 11.5 Å². The van der Waals surface area contributed by atoms with E-state index < -0.39 is 13.6 Å². The summed E-state index contributed by atoms with van der Waals surface area (Å²) in [4.78, 5) is 3.89. The fraction of sp³-hybridized carbons (Fsp3) is 0.833. The van der Waals surface area contributed by atoms with Crippen LogP contribution >= 0.6 is 34.8 Å². The van der Waals surface area contributed by atoms with Gasteiger partial charge in [-0.2, -0.15) is 0 Å². The largest absolute Gasteiger partial charge is 0.289 e. The number of aliphatic imine (C=N–C) groups is 1. The molecule has 1 aliphatic heterocycles. The lowest BCUT2D eigenvalue weighted by Gasteiger charge is -2.04. The van der Waals surface area contributed by atoms with Gasteiger partial charge in [-0.05, 0) is 6.42 Å². The van der Waals surface area contributed by atoms with Gasteiger partial charge in [0.25, 0.3) is 0 Å². The second-order valence-electron chi connectivity index (χ2n) is 2.88. The summed E-state index contributed by atoms with van der Waals surface area (Å²) in [6.45, 7) is 0. The molecule has 1 aliphatic rings. The molecule has 0 aromatic carbocycles. The highest BCUT2D eigenvalue weighted by atomic mass is 35.6. The summed E-state index contributed by atoms with van der Waals surface area (Å²) in [6, 6.07) is -0.249. The summed E-state index contributed by atoms with van der Waals surface area (Å²) in [5.74, 6) is 0.235. The van der Waals surface area contributed by atoms with Gasteiger partial charge in [0.15, 0.2) is 9.84 Å². The number of sulfone groups is 1. The van der Waals surface area contributed by atoms with Gasteiger partial charge in [-0.25, -0.2) is 8.42 Å². The van der Waals surface area contributed by atoms with Crippen LogP contribution in [0.15, 0.2) is 4.99 Å². The molecule has 0 aliphatic carbocycles. The van der Waals surface area contributed by atoms with Crippen LogP contribution in [0.1, 0.15) is 6.42 Å². The first kappa shape index (κ1) is 11.6. The monoisotopic (exact) mass is 263 g/mol. The zero-order valence-electron chi connectivity index (χ0n) is 6.58. The molecule has 1 heterocycles. The van der Waals surface area contributed by atoms with Gasteiger partial charge in [0.2, 0.25) is 3.79 Å². The van der Waals surface area contributed by atoms with E-state index in [2.05, 4.69) is 4.99 Å². The summed E-state index contributed by atoms with van der Waals surface area (Å²) in [5, 5.41) is 0. The summed E-state index contributed by atoms with van der Waals surface area (Å²) in [6.07, 6.45) is 1.67. The van der Waals surface area contributed by atoms with E-state index in [0.717, 1.165) is 6.21 Å². The van der Waals surface area contributed by atoms with Crippen molar-refractivity contribution >= 4 is 50.9 Å². The lowest BCUT2D eigenvalue weighted by Crippen LogP contribution is -2.11. The highest BCUT2D eigenvalue weighted by Crippen LogP contribution is 2.24. The molecule has 0 radical (unpaired) electrons. The van der Waals surface area contributed by atoms with Gasteiger partial charge >= 0.3 is 0 Å². The number of halogens is 3. The maximum absolute atomic E-state index is 11.0. The molecule has 7 heteroatoms. The quantitative estimate of drug-likeness (QED) is 0.534. The normalized spacial score (nSPS) is 28.4. The minimum Gasteiger partial charge on any atom is -0.289 e. The fourth-order valence-electron chi connectivity index (χ4n) is 1.08. The van der Waals surface area contributed by atoms with Crippen LogP contribution in [0.3, 0.4) is 0 Å². The Morgan fingerprint density at radius 2 is 2.00 bits per heavy atom. The minimum atomic E-state index is -2.91. The zero-order chi connectivity index (χ0) is 10.1. The fourth-order valence-corrected chi connectivity index (χ4v) is 2.89. The van der Waals surface area contributed by atoms with Gasteiger partial charge in [-0.15, -0.1) is 0 Å². The summed E-state index contributed by atoms with van der Waals surface area (Å²) < 4.78 is 20.4. The van der Waals surface area contributed by atoms with Crippen molar-refractivity contribution in [1.29, 1.82) is 0 Å². The molecule has 0 bridgehead atoms. The molecule has 0 unspecified atom stereocenters. The number of rotatable bonds is 1. The third kappa shape index (κ3) is 4.49. The van der Waals surface area contributed by atoms with Crippen LogP contribution in [0.4, 0.5) is 0 Å². The smallest absolute Gasteiger partial charge is 0.225 e. The lowest BCUT2D eigenvalue weighted by molar-refractivity contribution is 0.601. The van der Waals surface area contributed by atoms with Gasteiger partial charge in [0, 0.05) is 0 Å². The van der Waals surface area contributed by atoms with Crippen molar-refractivity contribution in [3.8, 4) is 0 Å². The van der Waals surface area contributed by atoms with Gasteiger partial charge < -0.3 is 0 Å². The lowest BCUT2D eigenvalue weighted by atomic mass is 10.3. The topological polar surface area (TPSA) is 46.5 Å². The highest BCUT2D eigenvalue weighted by Gasteiger charge is 2.28. The molecule has 1 rings (SSSR count). The molecule has 1 saturated heterocycles. The van der Waals surface area contributed by atoms with Crippen LogP contribution < -0.4 is 0 Å². The zero-order valence-corrected chi connectivity index (χ0v) is 9.67. The molecule has 0 aromatic rings. The summed E-state index contributed by atoms with van der Waals surface area (Å²) >= 11 is 16.2. The highest BCUT2D eigenvalue weighted by molar-refractivity contribution is 7.91. The maximum atomic E-state index is 11.0. The number of nitrogens with zero attached hydrogens (tertiary/aromatic N) is 1. The van der Waals surface area contributed by atoms with Crippen molar-refractivity contribution in [3.05, 3.63) is 0 Å². The number of hydrogen-bond donors (Lipinski definition) is 0. The van der Waals surface area contributed by atoms with E-state index in [-0.39, 0.29) is 17.5 Å². The molecule has 0 saturated carbocycles. The van der Waals surface area contributed by atoms with E-state index in [9.17, 15) is 8.42 Å². The van der Waals surface area contributed by atoms with E-state index in [1.807, 2.05) is 0 Å². The molecule has 13 heavy (non-hydrogen) atoms. The molecule has 0 spiro atoms. The van der Waals surface area contributed by atoms with Crippen molar-refractivity contribution in [2.24, 2.45) is 4.99 Å². The molecule has 76 valence electrons. The van der Waals surface area contributed by atoms with Gasteiger partial charge in [-0.1, -0.05) is 34.8 Å². The first-order valence-electron chi connectivity index (χ1n) is 3.60. The van der Waals surface area contributed by atoms with E-state index in [4.69, 9.17) is 34.8 Å². The van der Waals surface area contributed by atoms with Crippen LogP contribution in [-0.4, -0.2) is 36.0 Å². The minimum absolute atomic E-state index is 0.0598. The third-order valence-electron chi connectivity index (χ3n) is 1.64. The maximum Gasteiger partial charge on any atom is 0.225 e. The average molecular weight is 265 g/mol. The predicted molar refractivity (Wildman–Crippen MR) is 55.8 cm³/mol. The van der Waals surface area contributed by atoms with Gasteiger partial charge in [0.1, 0.15) is 0 Å². The number of alkyl halides is 3. The Labute approximate surface area is 92.0 Å². The second-order valence-corrected chi connectivity index (χ2v) is 7.47. The van der Waals surface area contributed by atoms with E-state index >= 15 is 0 Å². The SMILES string of the molecule is O=S1(=O)CC[C@H](N=CC(Cl)(Cl)Cl)C1. The molecular formula is C6H8Cl3NO2S. The Morgan fingerprint density at radius 1 is 1.38 bits per heavy atom. The molecular weight excluding hydrogens is 256 g/mol.